The van der Waals surface area contributed by atoms with Crippen LogP contribution >= 0.6 is 11.6 Å². The molecule has 0 saturated carbocycles. The number of fused-ring (bicyclic) bond motifs is 1. The fourth-order valence-corrected chi connectivity index (χ4v) is 2.68. The van der Waals surface area contributed by atoms with Crippen molar-refractivity contribution in [1.82, 2.24) is 9.55 Å². The van der Waals surface area contributed by atoms with Crippen molar-refractivity contribution in [3.05, 3.63) is 59.4 Å². The first-order valence-electron chi connectivity index (χ1n) is 7.88. The lowest BCUT2D eigenvalue weighted by Gasteiger charge is -2.10. The second-order valence-electron chi connectivity index (χ2n) is 5.74. The van der Waals surface area contributed by atoms with Crippen LogP contribution in [0, 0.1) is 0 Å². The minimum atomic E-state index is -0.766. The Hall–Kier alpha value is -2.08. The van der Waals surface area contributed by atoms with E-state index < -0.39 is 6.10 Å². The second kappa shape index (κ2) is 7.66. The summed E-state index contributed by atoms with van der Waals surface area (Å²) in [5, 5.41) is 22.1. The number of benzene rings is 2. The van der Waals surface area contributed by atoms with E-state index in [9.17, 15) is 5.11 Å². The molecule has 3 aromatic rings. The first-order valence-corrected chi connectivity index (χ1v) is 8.25. The smallest absolute Gasteiger partial charge is 0.0958 e. The molecule has 0 saturated heterocycles. The van der Waals surface area contributed by atoms with Gasteiger partial charge in [0.1, 0.15) is 0 Å². The Balaban J connectivity index is 1.67. The Labute approximate surface area is 145 Å². The molecular weight excluding hydrogens is 326 g/mol. The van der Waals surface area contributed by atoms with Crippen molar-refractivity contribution in [2.75, 3.05) is 18.5 Å². The third-order valence-electron chi connectivity index (χ3n) is 3.93. The molecule has 0 aliphatic heterocycles. The summed E-state index contributed by atoms with van der Waals surface area (Å²) in [7, 11) is 0. The zero-order valence-electron chi connectivity index (χ0n) is 13.2. The number of halogens is 1. The van der Waals surface area contributed by atoms with Crippen LogP contribution in [0.5, 0.6) is 0 Å². The van der Waals surface area contributed by atoms with E-state index in [1.54, 1.807) is 0 Å². The molecule has 0 bridgehead atoms. The lowest BCUT2D eigenvalue weighted by atomic mass is 10.1. The Bertz CT molecular complexity index is 802. The van der Waals surface area contributed by atoms with Gasteiger partial charge in [0.15, 0.2) is 0 Å². The fourth-order valence-electron chi connectivity index (χ4n) is 2.55. The summed E-state index contributed by atoms with van der Waals surface area (Å²) in [6, 6.07) is 13.8. The van der Waals surface area contributed by atoms with Crippen molar-refractivity contribution in [3.8, 4) is 0 Å². The van der Waals surface area contributed by atoms with E-state index in [4.69, 9.17) is 16.7 Å². The molecule has 1 heterocycles. The number of rotatable bonds is 7. The number of hydrogen-bond donors (Lipinski definition) is 3. The normalized spacial score (nSPS) is 12.5. The first kappa shape index (κ1) is 16.8. The molecule has 126 valence electrons. The van der Waals surface area contributed by atoms with Crippen molar-refractivity contribution < 1.29 is 10.2 Å². The third kappa shape index (κ3) is 4.06. The van der Waals surface area contributed by atoms with E-state index in [0.29, 0.717) is 6.54 Å². The molecule has 2 aromatic carbocycles. The third-order valence-corrected chi connectivity index (χ3v) is 4.18. The number of anilines is 1. The van der Waals surface area contributed by atoms with Crippen LogP contribution in [0.1, 0.15) is 5.56 Å². The Morgan fingerprint density at radius 2 is 1.96 bits per heavy atom. The molecule has 5 nitrogen and oxygen atoms in total. The monoisotopic (exact) mass is 345 g/mol. The van der Waals surface area contributed by atoms with Gasteiger partial charge in [-0.15, -0.1) is 0 Å². The van der Waals surface area contributed by atoms with Gasteiger partial charge in [0.2, 0.25) is 0 Å². The molecule has 0 radical (unpaired) electrons. The predicted octanol–water partition coefficient (Wildman–Crippen LogP) is 2.70. The lowest BCUT2D eigenvalue weighted by Crippen LogP contribution is -2.22. The van der Waals surface area contributed by atoms with Crippen molar-refractivity contribution in [3.63, 3.8) is 0 Å². The quantitative estimate of drug-likeness (QED) is 0.615. The van der Waals surface area contributed by atoms with Gasteiger partial charge in [-0.2, -0.15) is 0 Å². The molecule has 1 aromatic heterocycles. The van der Waals surface area contributed by atoms with E-state index in [1.165, 1.54) is 5.56 Å². The molecule has 3 rings (SSSR count). The van der Waals surface area contributed by atoms with Gasteiger partial charge >= 0.3 is 0 Å². The van der Waals surface area contributed by atoms with E-state index in [0.717, 1.165) is 34.7 Å². The van der Waals surface area contributed by atoms with Gasteiger partial charge in [-0.3, -0.25) is 0 Å². The van der Waals surface area contributed by atoms with Crippen molar-refractivity contribution in [2.24, 2.45) is 0 Å². The maximum absolute atomic E-state index is 9.39. The molecule has 0 spiro atoms. The molecule has 1 atom stereocenters. The Kier molecular flexibility index (Phi) is 5.35. The minimum Gasteiger partial charge on any atom is -0.394 e. The number of aliphatic hydroxyl groups excluding tert-OH is 2. The van der Waals surface area contributed by atoms with Gasteiger partial charge in [-0.05, 0) is 42.3 Å². The molecule has 0 fully saturated rings. The highest BCUT2D eigenvalue weighted by atomic mass is 35.5. The van der Waals surface area contributed by atoms with Gasteiger partial charge in [0.05, 0.1) is 30.1 Å². The highest BCUT2D eigenvalue weighted by Crippen LogP contribution is 2.19. The first-order chi connectivity index (χ1) is 11.7. The summed E-state index contributed by atoms with van der Waals surface area (Å²) < 4.78 is 2.12. The van der Waals surface area contributed by atoms with Gasteiger partial charge in [-0.1, -0.05) is 23.7 Å². The molecule has 3 N–H and O–H groups in total. The van der Waals surface area contributed by atoms with Crippen LogP contribution in [-0.4, -0.2) is 39.0 Å². The Morgan fingerprint density at radius 1 is 1.17 bits per heavy atom. The topological polar surface area (TPSA) is 70.3 Å². The number of aliphatic hydroxyl groups is 2. The van der Waals surface area contributed by atoms with E-state index in [1.807, 2.05) is 48.8 Å². The van der Waals surface area contributed by atoms with Gasteiger partial charge in [-0.25, -0.2) is 4.98 Å². The largest absolute Gasteiger partial charge is 0.394 e. The van der Waals surface area contributed by atoms with Crippen molar-refractivity contribution >= 4 is 28.3 Å². The summed E-state index contributed by atoms with van der Waals surface area (Å²) in [6.45, 7) is 0.891. The zero-order chi connectivity index (χ0) is 16.9. The van der Waals surface area contributed by atoms with Gasteiger partial charge in [0.25, 0.3) is 0 Å². The van der Waals surface area contributed by atoms with E-state index >= 15 is 0 Å². The molecule has 24 heavy (non-hydrogen) atoms. The van der Waals surface area contributed by atoms with Crippen LogP contribution in [0.15, 0.2) is 48.8 Å². The molecule has 0 amide bonds. The van der Waals surface area contributed by atoms with Gasteiger partial charge in [0, 0.05) is 23.8 Å². The number of aromatic nitrogens is 2. The van der Waals surface area contributed by atoms with E-state index in [2.05, 4.69) is 14.9 Å². The lowest BCUT2D eigenvalue weighted by molar-refractivity contribution is 0.105. The maximum atomic E-state index is 9.39. The van der Waals surface area contributed by atoms with Crippen LogP contribution < -0.4 is 5.32 Å². The van der Waals surface area contributed by atoms with Crippen LogP contribution in [0.4, 0.5) is 5.69 Å². The van der Waals surface area contributed by atoms with Crippen LogP contribution in [0.2, 0.25) is 5.02 Å². The summed E-state index contributed by atoms with van der Waals surface area (Å²) in [5.41, 5.74) is 4.07. The van der Waals surface area contributed by atoms with Crippen molar-refractivity contribution in [1.29, 1.82) is 0 Å². The second-order valence-corrected chi connectivity index (χ2v) is 6.17. The molecular formula is C18H20ClN3O2. The summed E-state index contributed by atoms with van der Waals surface area (Å²) >= 11 is 5.91. The minimum absolute atomic E-state index is 0.255. The summed E-state index contributed by atoms with van der Waals surface area (Å²) in [6.07, 6.45) is 1.98. The zero-order valence-corrected chi connectivity index (χ0v) is 13.9. The number of imidazole rings is 1. The fraction of sp³-hybridized carbons (Fsp3) is 0.278. The van der Waals surface area contributed by atoms with Crippen LogP contribution in [0.3, 0.4) is 0 Å². The van der Waals surface area contributed by atoms with Crippen LogP contribution in [-0.2, 0) is 13.0 Å². The maximum Gasteiger partial charge on any atom is 0.0958 e. The number of hydrogen-bond acceptors (Lipinski definition) is 4. The molecule has 1 unspecified atom stereocenters. The average molecular weight is 346 g/mol. The number of nitrogens with one attached hydrogen (secondary N) is 1. The highest BCUT2D eigenvalue weighted by molar-refractivity contribution is 6.30. The van der Waals surface area contributed by atoms with Gasteiger partial charge < -0.3 is 20.1 Å². The standard InChI is InChI=1S/C18H20ClN3O2/c19-14-3-1-13(2-4-14)7-8-22-12-21-17-9-15(5-6-18(17)22)20-10-16(24)11-23/h1-6,9,12,16,20,23-24H,7-8,10-11H2. The summed E-state index contributed by atoms with van der Waals surface area (Å²) in [4.78, 5) is 4.44. The average Bonchev–Trinajstić information content (AvgIpc) is 3.01. The van der Waals surface area contributed by atoms with Crippen molar-refractivity contribution in [2.45, 2.75) is 19.1 Å². The predicted molar refractivity (Wildman–Crippen MR) is 96.5 cm³/mol. The number of nitrogens with zero attached hydrogens (tertiary/aromatic N) is 2. The van der Waals surface area contributed by atoms with Crippen LogP contribution in [0.25, 0.3) is 11.0 Å². The van der Waals surface area contributed by atoms with E-state index in [-0.39, 0.29) is 6.61 Å². The molecule has 6 heteroatoms. The SMILES string of the molecule is OCC(O)CNc1ccc2c(c1)ncn2CCc1ccc(Cl)cc1. The highest BCUT2D eigenvalue weighted by Gasteiger charge is 2.06. The summed E-state index contributed by atoms with van der Waals surface area (Å²) in [5.74, 6) is 0. The number of aryl methyl sites for hydroxylation is 2. The molecule has 0 aliphatic carbocycles. The Morgan fingerprint density at radius 3 is 2.71 bits per heavy atom. The molecule has 0 aliphatic rings.